The van der Waals surface area contributed by atoms with E-state index in [1.165, 1.54) is 6.92 Å². The third-order valence-electron chi connectivity index (χ3n) is 6.77. The summed E-state index contributed by atoms with van der Waals surface area (Å²) in [6.45, 7) is 3.05. The molecule has 2 unspecified atom stereocenters. The van der Waals surface area contributed by atoms with E-state index in [-0.39, 0.29) is 19.1 Å². The van der Waals surface area contributed by atoms with Gasteiger partial charge in [0.05, 0.1) is 18.8 Å². The Bertz CT molecular complexity index is 1270. The predicted octanol–water partition coefficient (Wildman–Crippen LogP) is 3.45. The van der Waals surface area contributed by atoms with Crippen molar-refractivity contribution in [3.8, 4) is 11.1 Å². The summed E-state index contributed by atoms with van der Waals surface area (Å²) in [5.74, 6) is -2.40. The highest BCUT2D eigenvalue weighted by Gasteiger charge is 2.34. The van der Waals surface area contributed by atoms with E-state index < -0.39 is 42.3 Å². The highest BCUT2D eigenvalue weighted by Crippen LogP contribution is 2.44. The molecule has 3 aromatic rings. The van der Waals surface area contributed by atoms with Crippen molar-refractivity contribution >= 4 is 18.0 Å². The summed E-state index contributed by atoms with van der Waals surface area (Å²) < 4.78 is 11.4. The monoisotopic (exact) mass is 532 g/mol. The molecule has 4 atom stereocenters. The van der Waals surface area contributed by atoms with Crippen molar-refractivity contribution < 1.29 is 34.1 Å². The molecular formula is C30H32N2O7. The summed E-state index contributed by atoms with van der Waals surface area (Å²) in [7, 11) is 0. The van der Waals surface area contributed by atoms with Gasteiger partial charge in [0.25, 0.3) is 0 Å². The van der Waals surface area contributed by atoms with E-state index in [2.05, 4.69) is 10.6 Å². The topological polar surface area (TPSA) is 134 Å². The van der Waals surface area contributed by atoms with Crippen LogP contribution in [0.5, 0.6) is 0 Å². The van der Waals surface area contributed by atoms with Crippen LogP contribution in [-0.4, -0.2) is 59.1 Å². The number of carbonyl (C=O) groups is 3. The molecule has 0 spiro atoms. The number of nitrogens with one attached hydrogen (secondary N) is 2. The van der Waals surface area contributed by atoms with Gasteiger partial charge in [0.2, 0.25) is 5.91 Å². The van der Waals surface area contributed by atoms with Crippen molar-refractivity contribution in [2.75, 3.05) is 6.61 Å². The van der Waals surface area contributed by atoms with E-state index in [1.54, 1.807) is 6.92 Å². The molecule has 1 aliphatic rings. The van der Waals surface area contributed by atoms with Gasteiger partial charge in [-0.15, -0.1) is 0 Å². The smallest absolute Gasteiger partial charge is 0.407 e. The number of aliphatic hydroxyl groups excluding tert-OH is 1. The van der Waals surface area contributed by atoms with Crippen molar-refractivity contribution in [1.29, 1.82) is 0 Å². The number of hydrogen-bond donors (Lipinski definition) is 4. The van der Waals surface area contributed by atoms with E-state index >= 15 is 0 Å². The maximum atomic E-state index is 13.1. The molecule has 0 aromatic heterocycles. The summed E-state index contributed by atoms with van der Waals surface area (Å²) in [6.07, 6.45) is -3.06. The molecule has 0 saturated heterocycles. The van der Waals surface area contributed by atoms with Crippen LogP contribution < -0.4 is 10.6 Å². The minimum absolute atomic E-state index is 0.0406. The molecule has 204 valence electrons. The Kier molecular flexibility index (Phi) is 8.96. The number of aliphatic hydroxyl groups is 1. The van der Waals surface area contributed by atoms with Crippen molar-refractivity contribution in [3.63, 3.8) is 0 Å². The highest BCUT2D eigenvalue weighted by atomic mass is 16.5. The number of aliphatic carboxylic acids is 1. The molecule has 4 N–H and O–H groups in total. The van der Waals surface area contributed by atoms with Gasteiger partial charge < -0.3 is 30.3 Å². The second-order valence-electron chi connectivity index (χ2n) is 9.51. The van der Waals surface area contributed by atoms with Gasteiger partial charge in [0, 0.05) is 5.92 Å². The Labute approximate surface area is 226 Å². The minimum atomic E-state index is -1.56. The Morgan fingerprint density at radius 1 is 0.821 bits per heavy atom. The lowest BCUT2D eigenvalue weighted by Crippen LogP contribution is -2.58. The van der Waals surface area contributed by atoms with E-state index in [0.29, 0.717) is 0 Å². The van der Waals surface area contributed by atoms with Crippen LogP contribution in [0.3, 0.4) is 0 Å². The Morgan fingerprint density at radius 2 is 1.38 bits per heavy atom. The highest BCUT2D eigenvalue weighted by molar-refractivity contribution is 5.90. The fourth-order valence-corrected chi connectivity index (χ4v) is 4.69. The summed E-state index contributed by atoms with van der Waals surface area (Å²) in [5.41, 5.74) is 5.11. The van der Waals surface area contributed by atoms with Gasteiger partial charge >= 0.3 is 12.1 Å². The number of fused-ring (bicyclic) bond motifs is 3. The van der Waals surface area contributed by atoms with E-state index in [0.717, 1.165) is 27.8 Å². The fourth-order valence-electron chi connectivity index (χ4n) is 4.69. The zero-order valence-corrected chi connectivity index (χ0v) is 21.7. The molecule has 0 aliphatic heterocycles. The largest absolute Gasteiger partial charge is 0.480 e. The van der Waals surface area contributed by atoms with E-state index in [1.807, 2.05) is 78.9 Å². The number of alkyl carbamates (subject to hydrolysis) is 1. The predicted molar refractivity (Wildman–Crippen MR) is 144 cm³/mol. The first-order valence-corrected chi connectivity index (χ1v) is 12.7. The number of benzene rings is 3. The second kappa shape index (κ2) is 12.6. The average Bonchev–Trinajstić information content (AvgIpc) is 3.26. The minimum Gasteiger partial charge on any atom is -0.480 e. The fraction of sp³-hybridized carbons (Fsp3) is 0.300. The zero-order chi connectivity index (χ0) is 27.9. The molecule has 0 bridgehead atoms. The van der Waals surface area contributed by atoms with Gasteiger partial charge in [-0.3, -0.25) is 4.79 Å². The van der Waals surface area contributed by atoms with Gasteiger partial charge in [0.15, 0.2) is 6.04 Å². The van der Waals surface area contributed by atoms with Crippen LogP contribution in [0.2, 0.25) is 0 Å². The third-order valence-corrected chi connectivity index (χ3v) is 6.77. The molecule has 0 heterocycles. The number of rotatable bonds is 11. The van der Waals surface area contributed by atoms with Crippen LogP contribution in [0.25, 0.3) is 11.1 Å². The van der Waals surface area contributed by atoms with Gasteiger partial charge in [-0.2, -0.15) is 0 Å². The number of ether oxygens (including phenoxy) is 2. The van der Waals surface area contributed by atoms with Gasteiger partial charge in [-0.1, -0.05) is 78.9 Å². The van der Waals surface area contributed by atoms with Crippen molar-refractivity contribution in [1.82, 2.24) is 10.6 Å². The molecule has 39 heavy (non-hydrogen) atoms. The van der Waals surface area contributed by atoms with Crippen LogP contribution in [0.15, 0.2) is 78.9 Å². The molecule has 9 nitrogen and oxygen atoms in total. The Balaban J connectivity index is 1.46. The first-order valence-electron chi connectivity index (χ1n) is 12.7. The number of carboxylic acids is 1. The van der Waals surface area contributed by atoms with Crippen molar-refractivity contribution in [2.45, 2.75) is 50.7 Å². The molecular weight excluding hydrogens is 500 g/mol. The SMILES string of the molecule is CC(O)C(NC(=O)[C@H](NC(=O)OCC1c2ccccc2-c2ccccc21)[C@H](C)OCc1ccccc1)C(=O)O. The van der Waals surface area contributed by atoms with Crippen LogP contribution >= 0.6 is 0 Å². The molecule has 1 aliphatic carbocycles. The molecule has 4 rings (SSSR count). The molecule has 0 fully saturated rings. The van der Waals surface area contributed by atoms with Crippen molar-refractivity contribution in [3.05, 3.63) is 95.6 Å². The van der Waals surface area contributed by atoms with Crippen LogP contribution in [0.1, 0.15) is 36.5 Å². The van der Waals surface area contributed by atoms with Gasteiger partial charge in [-0.05, 0) is 41.7 Å². The molecule has 0 saturated carbocycles. The van der Waals surface area contributed by atoms with Gasteiger partial charge in [0.1, 0.15) is 12.6 Å². The third kappa shape index (κ3) is 6.63. The van der Waals surface area contributed by atoms with Crippen LogP contribution in [0, 0.1) is 0 Å². The number of carboxylic acid groups (broad SMARTS) is 1. The summed E-state index contributed by atoms with van der Waals surface area (Å²) in [4.78, 5) is 37.6. The zero-order valence-electron chi connectivity index (χ0n) is 21.7. The maximum absolute atomic E-state index is 13.1. The average molecular weight is 533 g/mol. The molecule has 3 aromatic carbocycles. The quantitative estimate of drug-likeness (QED) is 0.297. The van der Waals surface area contributed by atoms with E-state index in [4.69, 9.17) is 9.47 Å². The van der Waals surface area contributed by atoms with E-state index in [9.17, 15) is 24.6 Å². The first kappa shape index (κ1) is 27.8. The Hall–Kier alpha value is -4.21. The standard InChI is InChI=1S/C30H32N2O7/c1-18(33)26(29(35)36)31-28(34)27(19(2)38-16-20-10-4-3-5-11-20)32-30(37)39-17-25-23-14-8-6-12-21(23)22-13-7-9-15-24(22)25/h3-15,18-19,25-27,33H,16-17H2,1-2H3,(H,31,34)(H,32,37)(H,35,36)/t18?,19-,26?,27+/m0/s1. The molecule has 9 heteroatoms. The maximum Gasteiger partial charge on any atom is 0.407 e. The van der Waals surface area contributed by atoms with Crippen molar-refractivity contribution in [2.24, 2.45) is 0 Å². The lowest BCUT2D eigenvalue weighted by Gasteiger charge is -2.27. The number of amides is 2. The second-order valence-corrected chi connectivity index (χ2v) is 9.51. The summed E-state index contributed by atoms with van der Waals surface area (Å²) in [6, 6.07) is 22.3. The molecule has 0 radical (unpaired) electrons. The summed E-state index contributed by atoms with van der Waals surface area (Å²) in [5, 5.41) is 24.0. The van der Waals surface area contributed by atoms with Crippen LogP contribution in [0.4, 0.5) is 4.79 Å². The number of hydrogen-bond acceptors (Lipinski definition) is 6. The van der Waals surface area contributed by atoms with Gasteiger partial charge in [-0.25, -0.2) is 9.59 Å². The lowest BCUT2D eigenvalue weighted by atomic mass is 9.98. The lowest BCUT2D eigenvalue weighted by molar-refractivity contribution is -0.145. The number of carbonyl (C=O) groups excluding carboxylic acids is 2. The van der Waals surface area contributed by atoms with Crippen LogP contribution in [-0.2, 0) is 25.7 Å². The molecule has 2 amide bonds. The normalized spacial score (nSPS) is 15.3. The first-order chi connectivity index (χ1) is 18.8. The summed E-state index contributed by atoms with van der Waals surface area (Å²) >= 11 is 0. The Morgan fingerprint density at radius 3 is 1.95 bits per heavy atom.